The van der Waals surface area contributed by atoms with Gasteiger partial charge in [0.2, 0.25) is 5.16 Å². The van der Waals surface area contributed by atoms with Crippen molar-refractivity contribution in [1.82, 2.24) is 19.6 Å². The molecule has 0 fully saturated rings. The topological polar surface area (TPSA) is 60.2 Å². The Bertz CT molecular complexity index is 1260. The Morgan fingerprint density at radius 3 is 2.77 bits per heavy atom. The number of hydrogen-bond acceptors (Lipinski definition) is 5. The van der Waals surface area contributed by atoms with Crippen molar-refractivity contribution >= 4 is 34.9 Å². The Kier molecular flexibility index (Phi) is 5.00. The van der Waals surface area contributed by atoms with E-state index in [1.165, 1.54) is 23.9 Å². The molecular formula is C22H16ClFN4OS. The van der Waals surface area contributed by atoms with Crippen LogP contribution < -0.4 is 0 Å². The van der Waals surface area contributed by atoms with Gasteiger partial charge >= 0.3 is 0 Å². The van der Waals surface area contributed by atoms with Crippen LogP contribution in [0.2, 0.25) is 5.02 Å². The van der Waals surface area contributed by atoms with Crippen LogP contribution >= 0.6 is 23.4 Å². The second-order valence-corrected chi connectivity index (χ2v) is 8.62. The minimum absolute atomic E-state index is 0.0138. The van der Waals surface area contributed by atoms with E-state index in [-0.39, 0.29) is 17.5 Å². The number of Topliss-reactive ketones (excluding diaryl/α,β-unsaturated/α-hetero) is 1. The normalized spacial score (nSPS) is 16.1. The first-order chi connectivity index (χ1) is 14.5. The molecule has 8 heteroatoms. The first kappa shape index (κ1) is 19.2. The molecule has 2 aromatic heterocycles. The third-order valence-corrected chi connectivity index (χ3v) is 6.31. The van der Waals surface area contributed by atoms with E-state index in [4.69, 9.17) is 11.6 Å². The highest BCUT2D eigenvalue weighted by atomic mass is 35.5. The van der Waals surface area contributed by atoms with Crippen LogP contribution in [0, 0.1) is 5.82 Å². The zero-order valence-electron chi connectivity index (χ0n) is 15.8. The van der Waals surface area contributed by atoms with Gasteiger partial charge in [0.1, 0.15) is 5.82 Å². The van der Waals surface area contributed by atoms with E-state index < -0.39 is 0 Å². The molecule has 0 spiro atoms. The number of carbonyl (C=O) groups is 1. The van der Waals surface area contributed by atoms with Gasteiger partial charge in [0, 0.05) is 23.4 Å². The van der Waals surface area contributed by atoms with Gasteiger partial charge in [-0.3, -0.25) is 4.79 Å². The van der Waals surface area contributed by atoms with Crippen molar-refractivity contribution < 1.29 is 9.18 Å². The van der Waals surface area contributed by atoms with Gasteiger partial charge in [0.15, 0.2) is 5.78 Å². The molecule has 4 aromatic rings. The SMILES string of the molecule is O=C1CC(c2ccc(F)cc2)Cc2nc3nc(SCc4cccc(Cl)c4)nn3cc21. The lowest BCUT2D eigenvalue weighted by Crippen LogP contribution is -2.21. The second-order valence-electron chi connectivity index (χ2n) is 7.24. The lowest BCUT2D eigenvalue weighted by Gasteiger charge is -2.23. The highest BCUT2D eigenvalue weighted by Gasteiger charge is 2.28. The van der Waals surface area contributed by atoms with E-state index in [1.54, 1.807) is 22.8 Å². The molecule has 30 heavy (non-hydrogen) atoms. The highest BCUT2D eigenvalue weighted by Crippen LogP contribution is 2.32. The number of nitrogens with zero attached hydrogens (tertiary/aromatic N) is 4. The summed E-state index contributed by atoms with van der Waals surface area (Å²) in [6, 6.07) is 14.0. The smallest absolute Gasteiger partial charge is 0.253 e. The van der Waals surface area contributed by atoms with Gasteiger partial charge < -0.3 is 0 Å². The first-order valence-corrected chi connectivity index (χ1v) is 10.8. The van der Waals surface area contributed by atoms with Crippen molar-refractivity contribution in [3.05, 3.63) is 88.0 Å². The number of ketones is 1. The Morgan fingerprint density at radius 2 is 1.97 bits per heavy atom. The second kappa shape index (κ2) is 7.81. The van der Waals surface area contributed by atoms with Crippen LogP contribution in [-0.4, -0.2) is 25.4 Å². The van der Waals surface area contributed by atoms with Crippen LogP contribution in [0.4, 0.5) is 4.39 Å². The minimum Gasteiger partial charge on any atom is -0.294 e. The number of aromatic nitrogens is 4. The summed E-state index contributed by atoms with van der Waals surface area (Å²) in [6.45, 7) is 0. The molecule has 0 amide bonds. The van der Waals surface area contributed by atoms with Crippen molar-refractivity contribution in [2.45, 2.75) is 29.7 Å². The number of fused-ring (bicyclic) bond motifs is 2. The molecule has 1 aliphatic carbocycles. The summed E-state index contributed by atoms with van der Waals surface area (Å²) in [6.07, 6.45) is 2.70. The number of thioether (sulfide) groups is 1. The standard InChI is InChI=1S/C22H16ClFN4OS/c23-16-3-1-2-13(8-16)12-30-22-26-21-25-19-9-15(14-4-6-17(24)7-5-14)10-20(29)18(19)11-28(21)27-22/h1-8,11,15H,9-10,12H2. The van der Waals surface area contributed by atoms with E-state index >= 15 is 0 Å². The molecule has 2 aromatic carbocycles. The van der Waals surface area contributed by atoms with Gasteiger partial charge in [-0.15, -0.1) is 5.10 Å². The predicted molar refractivity (Wildman–Crippen MR) is 114 cm³/mol. The third kappa shape index (κ3) is 3.82. The van der Waals surface area contributed by atoms with Crippen molar-refractivity contribution in [2.75, 3.05) is 0 Å². The van der Waals surface area contributed by atoms with Gasteiger partial charge in [0.25, 0.3) is 5.78 Å². The van der Waals surface area contributed by atoms with Gasteiger partial charge in [-0.2, -0.15) is 4.98 Å². The maximum Gasteiger partial charge on any atom is 0.253 e. The van der Waals surface area contributed by atoms with Gasteiger partial charge in [-0.05, 0) is 47.7 Å². The van der Waals surface area contributed by atoms with E-state index in [9.17, 15) is 9.18 Å². The fraction of sp³-hybridized carbons (Fsp3) is 0.182. The molecule has 0 N–H and O–H groups in total. The molecule has 150 valence electrons. The summed E-state index contributed by atoms with van der Waals surface area (Å²) >= 11 is 7.52. The Hall–Kier alpha value is -2.77. The molecule has 0 radical (unpaired) electrons. The molecule has 1 atom stereocenters. The van der Waals surface area contributed by atoms with E-state index in [2.05, 4.69) is 15.1 Å². The monoisotopic (exact) mass is 438 g/mol. The lowest BCUT2D eigenvalue weighted by molar-refractivity contribution is 0.0962. The molecular weight excluding hydrogens is 423 g/mol. The predicted octanol–water partition coefficient (Wildman–Crippen LogP) is 5.12. The van der Waals surface area contributed by atoms with E-state index in [0.717, 1.165) is 11.1 Å². The number of hydrogen-bond donors (Lipinski definition) is 0. The number of carbonyl (C=O) groups excluding carboxylic acids is 1. The molecule has 1 unspecified atom stereocenters. The Balaban J connectivity index is 1.40. The molecule has 0 aliphatic heterocycles. The highest BCUT2D eigenvalue weighted by molar-refractivity contribution is 7.98. The van der Waals surface area contributed by atoms with Crippen LogP contribution in [0.15, 0.2) is 59.9 Å². The molecule has 1 aliphatic rings. The van der Waals surface area contributed by atoms with Crippen molar-refractivity contribution in [3.63, 3.8) is 0 Å². The van der Waals surface area contributed by atoms with Crippen molar-refractivity contribution in [2.24, 2.45) is 0 Å². The lowest BCUT2D eigenvalue weighted by atomic mass is 9.82. The van der Waals surface area contributed by atoms with Gasteiger partial charge in [0.05, 0.1) is 11.3 Å². The molecule has 0 bridgehead atoms. The van der Waals surface area contributed by atoms with Gasteiger partial charge in [-0.25, -0.2) is 13.9 Å². The minimum atomic E-state index is -0.285. The Morgan fingerprint density at radius 1 is 1.13 bits per heavy atom. The van der Waals surface area contributed by atoms with Crippen LogP contribution in [-0.2, 0) is 12.2 Å². The summed E-state index contributed by atoms with van der Waals surface area (Å²) in [4.78, 5) is 21.8. The summed E-state index contributed by atoms with van der Waals surface area (Å²) in [5, 5.41) is 5.74. The summed E-state index contributed by atoms with van der Waals surface area (Å²) < 4.78 is 14.8. The van der Waals surface area contributed by atoms with Gasteiger partial charge in [-0.1, -0.05) is 47.6 Å². The zero-order valence-corrected chi connectivity index (χ0v) is 17.3. The summed E-state index contributed by atoms with van der Waals surface area (Å²) in [7, 11) is 0. The largest absolute Gasteiger partial charge is 0.294 e. The summed E-state index contributed by atoms with van der Waals surface area (Å²) in [5.74, 6) is 0.869. The van der Waals surface area contributed by atoms with Crippen molar-refractivity contribution in [3.8, 4) is 0 Å². The average molecular weight is 439 g/mol. The maximum absolute atomic E-state index is 13.2. The molecule has 5 nitrogen and oxygen atoms in total. The van der Waals surface area contributed by atoms with Crippen LogP contribution in [0.5, 0.6) is 0 Å². The van der Waals surface area contributed by atoms with Crippen LogP contribution in [0.3, 0.4) is 0 Å². The van der Waals surface area contributed by atoms with Crippen molar-refractivity contribution in [1.29, 1.82) is 0 Å². The maximum atomic E-state index is 13.2. The van der Waals surface area contributed by atoms with Crippen LogP contribution in [0.25, 0.3) is 5.78 Å². The molecule has 5 rings (SSSR count). The quantitative estimate of drug-likeness (QED) is 0.414. The first-order valence-electron chi connectivity index (χ1n) is 9.47. The molecule has 0 saturated carbocycles. The number of halogens is 2. The van der Waals surface area contributed by atoms with Crippen LogP contribution in [0.1, 0.15) is 39.5 Å². The van der Waals surface area contributed by atoms with E-state index in [1.807, 2.05) is 24.3 Å². The number of benzene rings is 2. The number of rotatable bonds is 4. The average Bonchev–Trinajstić information content (AvgIpc) is 3.13. The molecule has 2 heterocycles. The summed E-state index contributed by atoms with van der Waals surface area (Å²) in [5.41, 5.74) is 3.32. The third-order valence-electron chi connectivity index (χ3n) is 5.16. The fourth-order valence-electron chi connectivity index (χ4n) is 3.67. The fourth-order valence-corrected chi connectivity index (χ4v) is 4.65. The molecule has 0 saturated heterocycles. The zero-order chi connectivity index (χ0) is 20.7. The van der Waals surface area contributed by atoms with E-state index in [0.29, 0.717) is 45.8 Å². The Labute approximate surface area is 181 Å².